The standard InChI is InChI=1S/C24H29NO4/c1-16-9-10-17(2)23(18(16)3)28-15-22(26)25-20-13-11-19(12-14-20)24(27)29-21-7-5-4-6-8-21/h9-14,21H,4-8,15H2,1-3H3,(H,25,26). The highest BCUT2D eigenvalue weighted by Crippen LogP contribution is 2.26. The fourth-order valence-corrected chi connectivity index (χ4v) is 3.57. The van der Waals surface area contributed by atoms with E-state index in [2.05, 4.69) is 5.32 Å². The van der Waals surface area contributed by atoms with E-state index in [9.17, 15) is 9.59 Å². The lowest BCUT2D eigenvalue weighted by atomic mass is 9.98. The molecule has 0 aromatic heterocycles. The van der Waals surface area contributed by atoms with E-state index in [1.807, 2.05) is 32.9 Å². The molecule has 0 radical (unpaired) electrons. The van der Waals surface area contributed by atoms with Gasteiger partial charge in [-0.05, 0) is 87.4 Å². The van der Waals surface area contributed by atoms with Crippen LogP contribution in [0.3, 0.4) is 0 Å². The summed E-state index contributed by atoms with van der Waals surface area (Å²) in [5, 5.41) is 2.80. The van der Waals surface area contributed by atoms with Crippen LogP contribution in [0, 0.1) is 20.8 Å². The van der Waals surface area contributed by atoms with Gasteiger partial charge in [-0.25, -0.2) is 4.79 Å². The van der Waals surface area contributed by atoms with Crippen LogP contribution < -0.4 is 10.1 Å². The third-order valence-electron chi connectivity index (χ3n) is 5.45. The Bertz CT molecular complexity index is 867. The third kappa shape index (κ3) is 5.59. The minimum Gasteiger partial charge on any atom is -0.483 e. The quantitative estimate of drug-likeness (QED) is 0.690. The van der Waals surface area contributed by atoms with Gasteiger partial charge in [0.05, 0.1) is 5.56 Å². The van der Waals surface area contributed by atoms with Crippen LogP contribution in [0.1, 0.15) is 59.2 Å². The van der Waals surface area contributed by atoms with Gasteiger partial charge in [0, 0.05) is 5.69 Å². The maximum Gasteiger partial charge on any atom is 0.338 e. The first-order valence-corrected chi connectivity index (χ1v) is 10.2. The van der Waals surface area contributed by atoms with Gasteiger partial charge in [0.25, 0.3) is 5.91 Å². The number of benzene rings is 2. The number of aryl methyl sites for hydroxylation is 2. The highest BCUT2D eigenvalue weighted by Gasteiger charge is 2.18. The monoisotopic (exact) mass is 395 g/mol. The van der Waals surface area contributed by atoms with Crippen LogP contribution in [0.5, 0.6) is 5.75 Å². The maximum absolute atomic E-state index is 12.3. The Morgan fingerprint density at radius 1 is 0.931 bits per heavy atom. The highest BCUT2D eigenvalue weighted by atomic mass is 16.5. The fraction of sp³-hybridized carbons (Fsp3) is 0.417. The van der Waals surface area contributed by atoms with E-state index in [-0.39, 0.29) is 24.6 Å². The van der Waals surface area contributed by atoms with Crippen LogP contribution in [-0.4, -0.2) is 24.6 Å². The normalized spacial score (nSPS) is 14.3. The molecule has 0 spiro atoms. The van der Waals surface area contributed by atoms with E-state index >= 15 is 0 Å². The van der Waals surface area contributed by atoms with Crippen LogP contribution in [0.2, 0.25) is 0 Å². The number of hydrogen-bond acceptors (Lipinski definition) is 4. The molecule has 0 aliphatic heterocycles. The van der Waals surface area contributed by atoms with Crippen molar-refractivity contribution in [3.8, 4) is 5.75 Å². The van der Waals surface area contributed by atoms with Crippen molar-refractivity contribution in [1.82, 2.24) is 0 Å². The van der Waals surface area contributed by atoms with Crippen LogP contribution in [0.15, 0.2) is 36.4 Å². The smallest absolute Gasteiger partial charge is 0.338 e. The fourth-order valence-electron chi connectivity index (χ4n) is 3.57. The molecule has 1 amide bonds. The largest absolute Gasteiger partial charge is 0.483 e. The van der Waals surface area contributed by atoms with Crippen molar-refractivity contribution in [2.24, 2.45) is 0 Å². The number of carbonyl (C=O) groups excluding carboxylic acids is 2. The van der Waals surface area contributed by atoms with Crippen molar-refractivity contribution in [3.63, 3.8) is 0 Å². The van der Waals surface area contributed by atoms with Crippen molar-refractivity contribution in [1.29, 1.82) is 0 Å². The van der Waals surface area contributed by atoms with Gasteiger partial charge in [-0.1, -0.05) is 18.6 Å². The Labute approximate surface area is 172 Å². The van der Waals surface area contributed by atoms with E-state index in [0.717, 1.165) is 48.1 Å². The van der Waals surface area contributed by atoms with Gasteiger partial charge >= 0.3 is 5.97 Å². The second kappa shape index (κ2) is 9.59. The van der Waals surface area contributed by atoms with E-state index in [1.165, 1.54) is 6.42 Å². The van der Waals surface area contributed by atoms with Crippen molar-refractivity contribution < 1.29 is 19.1 Å². The van der Waals surface area contributed by atoms with Crippen LogP contribution in [0.4, 0.5) is 5.69 Å². The lowest BCUT2D eigenvalue weighted by molar-refractivity contribution is -0.118. The van der Waals surface area contributed by atoms with E-state index in [0.29, 0.717) is 11.3 Å². The lowest BCUT2D eigenvalue weighted by Crippen LogP contribution is -2.21. The molecular formula is C24H29NO4. The first-order valence-electron chi connectivity index (χ1n) is 10.2. The summed E-state index contributed by atoms with van der Waals surface area (Å²) < 4.78 is 11.3. The molecule has 29 heavy (non-hydrogen) atoms. The predicted molar refractivity (Wildman–Crippen MR) is 114 cm³/mol. The van der Waals surface area contributed by atoms with Crippen molar-refractivity contribution in [2.75, 3.05) is 11.9 Å². The molecule has 2 aromatic carbocycles. The van der Waals surface area contributed by atoms with Crippen LogP contribution >= 0.6 is 0 Å². The Morgan fingerprint density at radius 3 is 2.28 bits per heavy atom. The topological polar surface area (TPSA) is 64.6 Å². The summed E-state index contributed by atoms with van der Waals surface area (Å²) in [4.78, 5) is 24.5. The minimum absolute atomic E-state index is 0.0290. The third-order valence-corrected chi connectivity index (χ3v) is 5.45. The van der Waals surface area contributed by atoms with E-state index in [4.69, 9.17) is 9.47 Å². The first-order chi connectivity index (χ1) is 13.9. The average molecular weight is 395 g/mol. The second-order valence-electron chi connectivity index (χ2n) is 7.73. The molecule has 0 bridgehead atoms. The van der Waals surface area contributed by atoms with E-state index < -0.39 is 0 Å². The average Bonchev–Trinajstić information content (AvgIpc) is 2.72. The summed E-state index contributed by atoms with van der Waals surface area (Å²) >= 11 is 0. The Morgan fingerprint density at radius 2 is 1.59 bits per heavy atom. The number of esters is 1. The number of amides is 1. The van der Waals surface area contributed by atoms with Gasteiger partial charge in [0.15, 0.2) is 6.61 Å². The summed E-state index contributed by atoms with van der Waals surface area (Å²) in [5.74, 6) is 0.201. The molecule has 0 unspecified atom stereocenters. The number of carbonyl (C=O) groups is 2. The maximum atomic E-state index is 12.3. The molecule has 0 saturated heterocycles. The molecule has 0 heterocycles. The zero-order valence-electron chi connectivity index (χ0n) is 17.4. The highest BCUT2D eigenvalue weighted by molar-refractivity contribution is 5.93. The van der Waals surface area contributed by atoms with Gasteiger partial charge in [0.2, 0.25) is 0 Å². The molecule has 5 nitrogen and oxygen atoms in total. The van der Waals surface area contributed by atoms with Crippen LogP contribution in [-0.2, 0) is 9.53 Å². The molecule has 5 heteroatoms. The molecular weight excluding hydrogens is 366 g/mol. The predicted octanol–water partition coefficient (Wildman–Crippen LogP) is 5.12. The number of hydrogen-bond donors (Lipinski definition) is 1. The molecule has 1 fully saturated rings. The van der Waals surface area contributed by atoms with Gasteiger partial charge < -0.3 is 14.8 Å². The summed E-state index contributed by atoms with van der Waals surface area (Å²) in [6.45, 7) is 5.89. The Balaban J connectivity index is 1.52. The molecule has 1 aliphatic rings. The summed E-state index contributed by atoms with van der Waals surface area (Å²) in [7, 11) is 0. The summed E-state index contributed by atoms with van der Waals surface area (Å²) in [6, 6.07) is 10.8. The molecule has 154 valence electrons. The molecule has 1 aliphatic carbocycles. The molecule has 2 aromatic rings. The molecule has 3 rings (SSSR count). The van der Waals surface area contributed by atoms with Crippen molar-refractivity contribution >= 4 is 17.6 Å². The zero-order chi connectivity index (χ0) is 20.8. The van der Waals surface area contributed by atoms with Crippen molar-refractivity contribution in [3.05, 3.63) is 58.7 Å². The number of anilines is 1. The Kier molecular flexibility index (Phi) is 6.91. The van der Waals surface area contributed by atoms with Gasteiger partial charge in [0.1, 0.15) is 11.9 Å². The SMILES string of the molecule is Cc1ccc(C)c(OCC(=O)Nc2ccc(C(=O)OC3CCCCC3)cc2)c1C. The number of ether oxygens (including phenoxy) is 2. The van der Waals surface area contributed by atoms with E-state index in [1.54, 1.807) is 24.3 Å². The number of nitrogens with one attached hydrogen (secondary N) is 1. The second-order valence-corrected chi connectivity index (χ2v) is 7.73. The molecule has 1 N–H and O–H groups in total. The first kappa shape index (κ1) is 20.9. The summed E-state index contributed by atoms with van der Waals surface area (Å²) in [6.07, 6.45) is 5.37. The lowest BCUT2D eigenvalue weighted by Gasteiger charge is -2.21. The van der Waals surface area contributed by atoms with Gasteiger partial charge in [-0.15, -0.1) is 0 Å². The minimum atomic E-state index is -0.302. The van der Waals surface area contributed by atoms with Gasteiger partial charge in [-0.2, -0.15) is 0 Å². The van der Waals surface area contributed by atoms with Gasteiger partial charge in [-0.3, -0.25) is 4.79 Å². The van der Waals surface area contributed by atoms with Crippen molar-refractivity contribution in [2.45, 2.75) is 59.0 Å². The summed E-state index contributed by atoms with van der Waals surface area (Å²) in [5.41, 5.74) is 4.28. The zero-order valence-corrected chi connectivity index (χ0v) is 17.4. The van der Waals surface area contributed by atoms with Crippen LogP contribution in [0.25, 0.3) is 0 Å². The number of rotatable bonds is 6. The molecule has 1 saturated carbocycles. The molecule has 0 atom stereocenters. The Hall–Kier alpha value is -2.82.